The van der Waals surface area contributed by atoms with Gasteiger partial charge in [0.2, 0.25) is 0 Å². The Morgan fingerprint density at radius 2 is 1.79 bits per heavy atom. The highest BCUT2D eigenvalue weighted by Gasteiger charge is 2.30. The molecular weight excluding hydrogens is 429 g/mol. The Hall–Kier alpha value is -3.06. The number of carbonyl (C=O) groups excluding carboxylic acids is 1. The molecule has 0 bridgehead atoms. The number of aryl methyl sites for hydroxylation is 1. The average Bonchev–Trinajstić information content (AvgIpc) is 3.24. The summed E-state index contributed by atoms with van der Waals surface area (Å²) < 4.78 is 46.3. The van der Waals surface area contributed by atoms with Crippen molar-refractivity contribution >= 4 is 5.91 Å². The van der Waals surface area contributed by atoms with Crippen LogP contribution in [-0.2, 0) is 30.4 Å². The van der Waals surface area contributed by atoms with E-state index in [0.717, 1.165) is 23.7 Å². The topological polar surface area (TPSA) is 34.5 Å². The second kappa shape index (κ2) is 11.2. The Morgan fingerprint density at radius 1 is 1.03 bits per heavy atom. The summed E-state index contributed by atoms with van der Waals surface area (Å²) in [6.07, 6.45) is -0.977. The largest absolute Gasteiger partial charge is 0.416 e. The van der Waals surface area contributed by atoms with E-state index in [1.54, 1.807) is 18.1 Å². The molecule has 33 heavy (non-hydrogen) atoms. The van der Waals surface area contributed by atoms with Gasteiger partial charge in [0.1, 0.15) is 0 Å². The Bertz CT molecular complexity index is 1040. The lowest BCUT2D eigenvalue weighted by Crippen LogP contribution is -2.33. The minimum atomic E-state index is -4.38. The van der Waals surface area contributed by atoms with Gasteiger partial charge in [-0.15, -0.1) is 0 Å². The number of nitrogens with zero attached hydrogens (tertiary/aromatic N) is 2. The molecule has 3 rings (SSSR count). The van der Waals surface area contributed by atoms with E-state index in [1.807, 2.05) is 47.2 Å². The van der Waals surface area contributed by atoms with Crippen molar-refractivity contribution in [1.29, 1.82) is 0 Å². The first-order chi connectivity index (χ1) is 15.8. The maximum Gasteiger partial charge on any atom is 0.416 e. The highest BCUT2D eigenvalue weighted by Crippen LogP contribution is 2.29. The van der Waals surface area contributed by atoms with Crippen molar-refractivity contribution in [2.24, 2.45) is 0 Å². The Balaban J connectivity index is 1.79. The van der Waals surface area contributed by atoms with Gasteiger partial charge in [-0.1, -0.05) is 31.2 Å². The van der Waals surface area contributed by atoms with Crippen LogP contribution < -0.4 is 0 Å². The number of rotatable bonds is 10. The number of aromatic nitrogens is 1. The molecule has 1 amide bonds. The minimum absolute atomic E-state index is 0.0828. The van der Waals surface area contributed by atoms with Gasteiger partial charge in [0.25, 0.3) is 5.91 Å². The molecule has 0 saturated heterocycles. The zero-order chi connectivity index (χ0) is 23.8. The third-order valence-electron chi connectivity index (χ3n) is 5.56. The third-order valence-corrected chi connectivity index (χ3v) is 5.56. The van der Waals surface area contributed by atoms with Crippen LogP contribution in [0, 0.1) is 0 Å². The molecule has 0 aliphatic heterocycles. The van der Waals surface area contributed by atoms with E-state index >= 15 is 0 Å². The molecule has 2 aromatic carbocycles. The van der Waals surface area contributed by atoms with Crippen LogP contribution >= 0.6 is 0 Å². The van der Waals surface area contributed by atoms with E-state index in [0.29, 0.717) is 37.2 Å². The van der Waals surface area contributed by atoms with Crippen LogP contribution in [-0.4, -0.2) is 35.6 Å². The van der Waals surface area contributed by atoms with E-state index < -0.39 is 11.7 Å². The summed E-state index contributed by atoms with van der Waals surface area (Å²) >= 11 is 0. The molecule has 7 heteroatoms. The van der Waals surface area contributed by atoms with Gasteiger partial charge in [-0.05, 0) is 60.4 Å². The van der Waals surface area contributed by atoms with Gasteiger partial charge in [-0.25, -0.2) is 0 Å². The van der Waals surface area contributed by atoms with Gasteiger partial charge < -0.3 is 14.2 Å². The predicted molar refractivity (Wildman–Crippen MR) is 122 cm³/mol. The van der Waals surface area contributed by atoms with Gasteiger partial charge in [0.15, 0.2) is 0 Å². The molecule has 0 aliphatic rings. The van der Waals surface area contributed by atoms with Crippen LogP contribution in [0.15, 0.2) is 66.9 Å². The maximum absolute atomic E-state index is 13.2. The molecule has 0 saturated carbocycles. The number of carbonyl (C=O) groups is 1. The van der Waals surface area contributed by atoms with Crippen molar-refractivity contribution in [2.45, 2.75) is 39.0 Å². The Labute approximate surface area is 192 Å². The summed E-state index contributed by atoms with van der Waals surface area (Å²) in [6.45, 7) is 3.74. The zero-order valence-electron chi connectivity index (χ0n) is 18.9. The van der Waals surface area contributed by atoms with Crippen molar-refractivity contribution in [2.75, 3.05) is 20.3 Å². The van der Waals surface area contributed by atoms with Crippen LogP contribution in [0.4, 0.5) is 13.2 Å². The first-order valence-corrected chi connectivity index (χ1v) is 11.0. The summed E-state index contributed by atoms with van der Waals surface area (Å²) in [5.74, 6) is -0.0828. The van der Waals surface area contributed by atoms with Crippen LogP contribution in [0.3, 0.4) is 0 Å². The van der Waals surface area contributed by atoms with Crippen LogP contribution in [0.1, 0.15) is 46.1 Å². The van der Waals surface area contributed by atoms with E-state index in [4.69, 9.17) is 4.74 Å². The molecular formula is C26H29F3N2O2. The minimum Gasteiger partial charge on any atom is -0.385 e. The number of methoxy groups -OCH3 is 1. The van der Waals surface area contributed by atoms with Crippen LogP contribution in [0.2, 0.25) is 0 Å². The fourth-order valence-electron chi connectivity index (χ4n) is 3.70. The van der Waals surface area contributed by atoms with Gasteiger partial charge in [-0.3, -0.25) is 4.79 Å². The highest BCUT2D eigenvalue weighted by molar-refractivity contribution is 5.94. The number of hydrogen-bond acceptors (Lipinski definition) is 2. The third kappa shape index (κ3) is 6.71. The summed E-state index contributed by atoms with van der Waals surface area (Å²) in [4.78, 5) is 15.0. The number of amides is 1. The van der Waals surface area contributed by atoms with Crippen molar-refractivity contribution in [1.82, 2.24) is 9.47 Å². The van der Waals surface area contributed by atoms with Gasteiger partial charge >= 0.3 is 6.18 Å². The lowest BCUT2D eigenvalue weighted by molar-refractivity contribution is -0.137. The molecule has 4 nitrogen and oxygen atoms in total. The standard InChI is InChI=1S/C26H29F3N2O2/c1-3-20-10-12-22(13-11-20)25(32)31(15-6-16-33-2)19-24-9-5-14-30(24)18-21-7-4-8-23(17-21)26(27,28)29/h4-5,7-14,17H,3,6,15-16,18-19H2,1-2H3. The lowest BCUT2D eigenvalue weighted by Gasteiger charge is -2.24. The van der Waals surface area contributed by atoms with Crippen molar-refractivity contribution in [3.63, 3.8) is 0 Å². The molecule has 0 aliphatic carbocycles. The number of hydrogen-bond donors (Lipinski definition) is 0. The fraction of sp³-hybridized carbons (Fsp3) is 0.346. The fourth-order valence-corrected chi connectivity index (χ4v) is 3.70. The number of ether oxygens (including phenoxy) is 1. The van der Waals surface area contributed by atoms with Crippen molar-refractivity contribution in [3.05, 3.63) is 94.8 Å². The Kier molecular flexibility index (Phi) is 8.33. The summed E-state index contributed by atoms with van der Waals surface area (Å²) in [5, 5.41) is 0. The summed E-state index contributed by atoms with van der Waals surface area (Å²) in [6, 6.07) is 16.7. The molecule has 176 valence electrons. The van der Waals surface area contributed by atoms with E-state index in [1.165, 1.54) is 12.1 Å². The van der Waals surface area contributed by atoms with Gasteiger partial charge in [0.05, 0.1) is 12.1 Å². The second-order valence-electron chi connectivity index (χ2n) is 7.95. The van der Waals surface area contributed by atoms with Gasteiger partial charge in [-0.2, -0.15) is 13.2 Å². The van der Waals surface area contributed by atoms with Crippen molar-refractivity contribution in [3.8, 4) is 0 Å². The van der Waals surface area contributed by atoms with Gasteiger partial charge in [0, 0.05) is 44.3 Å². The molecule has 0 spiro atoms. The molecule has 1 heterocycles. The van der Waals surface area contributed by atoms with E-state index in [-0.39, 0.29) is 12.5 Å². The molecule has 0 N–H and O–H groups in total. The highest BCUT2D eigenvalue weighted by atomic mass is 19.4. The SMILES string of the molecule is CCc1ccc(C(=O)N(CCCOC)Cc2cccn2Cc2cccc(C(F)(F)F)c2)cc1. The molecule has 0 atom stereocenters. The quantitative estimate of drug-likeness (QED) is 0.360. The number of halogens is 3. The zero-order valence-corrected chi connectivity index (χ0v) is 18.9. The molecule has 0 fully saturated rings. The predicted octanol–water partition coefficient (Wildman–Crippen LogP) is 5.80. The van der Waals surface area contributed by atoms with Crippen LogP contribution in [0.25, 0.3) is 0 Å². The van der Waals surface area contributed by atoms with Crippen molar-refractivity contribution < 1.29 is 22.7 Å². The second-order valence-corrected chi connectivity index (χ2v) is 7.95. The normalized spacial score (nSPS) is 11.5. The Morgan fingerprint density at radius 3 is 2.45 bits per heavy atom. The number of benzene rings is 2. The van der Waals surface area contributed by atoms with E-state index in [9.17, 15) is 18.0 Å². The number of alkyl halides is 3. The van der Waals surface area contributed by atoms with Crippen LogP contribution in [0.5, 0.6) is 0 Å². The average molecular weight is 459 g/mol. The lowest BCUT2D eigenvalue weighted by atomic mass is 10.1. The molecule has 3 aromatic rings. The molecule has 0 radical (unpaired) electrons. The smallest absolute Gasteiger partial charge is 0.385 e. The molecule has 1 aromatic heterocycles. The maximum atomic E-state index is 13.2. The van der Waals surface area contributed by atoms with E-state index in [2.05, 4.69) is 6.92 Å². The molecule has 0 unspecified atom stereocenters. The summed E-state index contributed by atoms with van der Waals surface area (Å²) in [5.41, 5.74) is 2.51. The first kappa shape index (κ1) is 24.6. The monoisotopic (exact) mass is 458 g/mol. The first-order valence-electron chi connectivity index (χ1n) is 11.0. The summed E-state index contributed by atoms with van der Waals surface area (Å²) in [7, 11) is 1.62.